The number of nitrogens with one attached hydrogen (secondary N) is 1. The van der Waals surface area contributed by atoms with Crippen LogP contribution in [0.5, 0.6) is 0 Å². The number of unbranched alkanes of at least 4 members (excludes halogenated alkanes) is 45. The van der Waals surface area contributed by atoms with E-state index in [0.717, 1.165) is 51.4 Å². The van der Waals surface area contributed by atoms with Gasteiger partial charge in [-0.05, 0) is 77.0 Å². The second-order valence-electron chi connectivity index (χ2n) is 22.8. The minimum absolute atomic E-state index is 0.0361. The summed E-state index contributed by atoms with van der Waals surface area (Å²) in [6.45, 7) is 4.81. The first kappa shape index (κ1) is 72.8. The van der Waals surface area contributed by atoms with Gasteiger partial charge in [-0.3, -0.25) is 9.59 Å². The molecule has 0 fully saturated rings. The van der Waals surface area contributed by atoms with Crippen molar-refractivity contribution in [3.8, 4) is 0 Å². The third-order valence-electron chi connectivity index (χ3n) is 15.3. The van der Waals surface area contributed by atoms with Gasteiger partial charge in [0.1, 0.15) is 0 Å². The van der Waals surface area contributed by atoms with E-state index < -0.39 is 12.1 Å². The van der Waals surface area contributed by atoms with Gasteiger partial charge in [-0.15, -0.1) is 0 Å². The van der Waals surface area contributed by atoms with Gasteiger partial charge in [-0.2, -0.15) is 0 Å². The molecule has 440 valence electrons. The fraction of sp³-hybridized carbons (Fsp3) is 0.855. The summed E-state index contributed by atoms with van der Waals surface area (Å²) in [5.74, 6) is -0.107. The number of esters is 1. The van der Waals surface area contributed by atoms with Crippen LogP contribution >= 0.6 is 0 Å². The van der Waals surface area contributed by atoms with Crippen molar-refractivity contribution < 1.29 is 24.5 Å². The summed E-state index contributed by atoms with van der Waals surface area (Å²) in [5.41, 5.74) is 0. The molecule has 0 saturated heterocycles. The van der Waals surface area contributed by atoms with Gasteiger partial charge in [-0.25, -0.2) is 0 Å². The second-order valence-corrected chi connectivity index (χ2v) is 22.8. The van der Waals surface area contributed by atoms with Crippen molar-refractivity contribution in [1.29, 1.82) is 0 Å². The monoisotopic (exact) mass is 1050 g/mol. The Labute approximate surface area is 467 Å². The highest BCUT2D eigenvalue weighted by Gasteiger charge is 2.18. The molecule has 0 aromatic heterocycles. The maximum atomic E-state index is 12.5. The zero-order valence-corrected chi connectivity index (χ0v) is 50.3. The molecule has 0 aliphatic heterocycles. The molecular weight excluding hydrogens is 923 g/mol. The Morgan fingerprint density at radius 2 is 0.667 bits per heavy atom. The van der Waals surface area contributed by atoms with Gasteiger partial charge < -0.3 is 20.3 Å². The molecule has 0 aliphatic carbocycles. The number of carbonyl (C=O) groups excluding carboxylic acids is 2. The summed E-state index contributed by atoms with van der Waals surface area (Å²) in [5, 5.41) is 23.2. The predicted octanol–water partition coefficient (Wildman–Crippen LogP) is 21.3. The molecule has 0 spiro atoms. The molecule has 0 aromatic rings. The van der Waals surface area contributed by atoms with E-state index in [0.29, 0.717) is 19.4 Å². The number of ether oxygens (including phenoxy) is 1. The van der Waals surface area contributed by atoms with Crippen LogP contribution in [0.1, 0.15) is 354 Å². The Balaban J connectivity index is 3.47. The highest BCUT2D eigenvalue weighted by atomic mass is 16.5. The smallest absolute Gasteiger partial charge is 0.305 e. The van der Waals surface area contributed by atoms with Crippen LogP contribution in [0.3, 0.4) is 0 Å². The Bertz CT molecular complexity index is 1260. The highest BCUT2D eigenvalue weighted by molar-refractivity contribution is 5.76. The van der Waals surface area contributed by atoms with Crippen molar-refractivity contribution in [3.63, 3.8) is 0 Å². The number of aliphatic hydroxyl groups excluding tert-OH is 2. The molecule has 2 atom stereocenters. The van der Waals surface area contributed by atoms with Crippen LogP contribution in [-0.4, -0.2) is 47.4 Å². The van der Waals surface area contributed by atoms with Crippen LogP contribution in [0.15, 0.2) is 48.6 Å². The van der Waals surface area contributed by atoms with Gasteiger partial charge in [0.15, 0.2) is 0 Å². The summed E-state index contributed by atoms with van der Waals surface area (Å²) in [6, 6.07) is -0.633. The number of rotatable bonds is 62. The Morgan fingerprint density at radius 1 is 0.373 bits per heavy atom. The summed E-state index contributed by atoms with van der Waals surface area (Å²) in [4.78, 5) is 24.6. The molecule has 75 heavy (non-hydrogen) atoms. The first-order valence-corrected chi connectivity index (χ1v) is 33.4. The van der Waals surface area contributed by atoms with Gasteiger partial charge in [0, 0.05) is 12.8 Å². The summed E-state index contributed by atoms with van der Waals surface area (Å²) in [7, 11) is 0. The molecule has 0 heterocycles. The van der Waals surface area contributed by atoms with Crippen molar-refractivity contribution in [3.05, 3.63) is 48.6 Å². The largest absolute Gasteiger partial charge is 0.465 e. The summed E-state index contributed by atoms with van der Waals surface area (Å²) >= 11 is 0. The van der Waals surface area contributed by atoms with E-state index in [1.165, 1.54) is 276 Å². The molecule has 2 unspecified atom stereocenters. The number of allylic oxidation sites excluding steroid dienone is 6. The van der Waals surface area contributed by atoms with Gasteiger partial charge in [0.05, 0.1) is 25.4 Å². The van der Waals surface area contributed by atoms with E-state index >= 15 is 0 Å². The third-order valence-corrected chi connectivity index (χ3v) is 15.3. The lowest BCUT2D eigenvalue weighted by Crippen LogP contribution is -2.45. The lowest BCUT2D eigenvalue weighted by Gasteiger charge is -2.20. The fourth-order valence-electron chi connectivity index (χ4n) is 10.2. The van der Waals surface area contributed by atoms with E-state index in [1.807, 2.05) is 6.08 Å². The lowest BCUT2D eigenvalue weighted by molar-refractivity contribution is -0.143. The van der Waals surface area contributed by atoms with Crippen molar-refractivity contribution >= 4 is 11.9 Å². The van der Waals surface area contributed by atoms with Crippen LogP contribution < -0.4 is 5.32 Å². The Kier molecular flexibility index (Phi) is 62.5. The molecule has 0 radical (unpaired) electrons. The molecule has 0 aromatic carbocycles. The van der Waals surface area contributed by atoms with Crippen LogP contribution in [0, 0.1) is 0 Å². The van der Waals surface area contributed by atoms with Crippen LogP contribution in [0.2, 0.25) is 0 Å². The number of hydrogen-bond donors (Lipinski definition) is 3. The normalized spacial score (nSPS) is 12.9. The Hall–Kier alpha value is -2.18. The molecule has 6 heteroatoms. The third kappa shape index (κ3) is 60.9. The van der Waals surface area contributed by atoms with Crippen molar-refractivity contribution in [2.45, 2.75) is 366 Å². The van der Waals surface area contributed by atoms with Crippen molar-refractivity contribution in [2.75, 3.05) is 13.2 Å². The van der Waals surface area contributed by atoms with E-state index in [1.54, 1.807) is 6.08 Å². The number of carbonyl (C=O) groups is 2. The zero-order valence-electron chi connectivity index (χ0n) is 50.3. The van der Waals surface area contributed by atoms with E-state index in [4.69, 9.17) is 4.74 Å². The van der Waals surface area contributed by atoms with Crippen LogP contribution in [0.4, 0.5) is 0 Å². The van der Waals surface area contributed by atoms with Gasteiger partial charge in [0.2, 0.25) is 5.91 Å². The molecular formula is C69H129NO5. The van der Waals surface area contributed by atoms with Gasteiger partial charge in [0.25, 0.3) is 0 Å². The second kappa shape index (κ2) is 64.3. The average molecular weight is 1050 g/mol. The number of hydrogen-bond acceptors (Lipinski definition) is 5. The average Bonchev–Trinajstić information content (AvgIpc) is 3.41. The molecule has 6 nitrogen and oxygen atoms in total. The number of amides is 1. The van der Waals surface area contributed by atoms with Crippen molar-refractivity contribution in [1.82, 2.24) is 5.32 Å². The maximum absolute atomic E-state index is 12.5. The van der Waals surface area contributed by atoms with E-state index in [-0.39, 0.29) is 18.5 Å². The predicted molar refractivity (Wildman–Crippen MR) is 329 cm³/mol. The van der Waals surface area contributed by atoms with E-state index in [9.17, 15) is 19.8 Å². The standard InChI is InChI=1S/C69H129NO5/c1-3-5-7-9-11-13-15-17-19-21-26-31-35-39-43-47-51-55-59-63-69(74)75-64-60-56-52-48-44-40-36-32-28-25-23-24-27-30-34-38-42-46-50-54-58-62-68(73)70-66(65-71)67(72)61-57-53-49-45-41-37-33-29-22-20-18-16-14-12-10-8-6-4-2/h17,19,40,44,52,56-57,61,66-67,71-72H,3-16,18,20-39,41-43,45-51,53-55,58-60,62-65H2,1-2H3,(H,70,73)/b19-17-,44-40-,56-52-,61-57+. The van der Waals surface area contributed by atoms with Gasteiger partial charge in [-0.1, -0.05) is 313 Å². The zero-order chi connectivity index (χ0) is 54.3. The SMILES string of the molecule is CCCCCCCC/C=C\CCCCCCCCCCCC(=O)OCC/C=C\C/C=C\CCCCCCCCCCCCCCCCC(=O)NC(CO)C(O)/C=C/CCCCCCCCCCCCCCCCCC. The first-order valence-electron chi connectivity index (χ1n) is 33.4. The molecule has 0 saturated carbocycles. The molecule has 0 bridgehead atoms. The first-order chi connectivity index (χ1) is 37.0. The molecule has 3 N–H and O–H groups in total. The minimum atomic E-state index is -0.849. The minimum Gasteiger partial charge on any atom is -0.465 e. The lowest BCUT2D eigenvalue weighted by atomic mass is 10.0. The maximum Gasteiger partial charge on any atom is 0.305 e. The quantitative estimate of drug-likeness (QED) is 0.0320. The van der Waals surface area contributed by atoms with E-state index in [2.05, 4.69) is 55.6 Å². The fourth-order valence-corrected chi connectivity index (χ4v) is 10.2. The topological polar surface area (TPSA) is 95.9 Å². The van der Waals surface area contributed by atoms with Gasteiger partial charge >= 0.3 is 5.97 Å². The Morgan fingerprint density at radius 3 is 1.03 bits per heavy atom. The highest BCUT2D eigenvalue weighted by Crippen LogP contribution is 2.17. The molecule has 0 aliphatic rings. The van der Waals surface area contributed by atoms with Crippen LogP contribution in [0.25, 0.3) is 0 Å². The summed E-state index contributed by atoms with van der Waals surface area (Å²) in [6.07, 6.45) is 83.2. The number of aliphatic hydroxyl groups is 2. The molecule has 0 rings (SSSR count). The van der Waals surface area contributed by atoms with Crippen LogP contribution in [-0.2, 0) is 14.3 Å². The summed E-state index contributed by atoms with van der Waals surface area (Å²) < 4.78 is 5.44. The van der Waals surface area contributed by atoms with Crippen molar-refractivity contribution in [2.24, 2.45) is 0 Å². The molecule has 1 amide bonds.